The lowest BCUT2D eigenvalue weighted by atomic mass is 10.0. The third-order valence-electron chi connectivity index (χ3n) is 1.41. The Morgan fingerprint density at radius 3 is 2.33 bits per heavy atom. The lowest BCUT2D eigenvalue weighted by molar-refractivity contribution is 0.110. The molecule has 0 unspecified atom stereocenters. The molecule has 0 rings (SSSR count). The molecule has 0 bridgehead atoms. The van der Waals surface area contributed by atoms with E-state index in [-0.39, 0.29) is 5.60 Å². The Balaban J connectivity index is 3.33. The first kappa shape index (κ1) is 9.18. The second-order valence-corrected chi connectivity index (χ2v) is 3.17. The molecule has 0 aliphatic carbocycles. The van der Waals surface area contributed by atoms with Gasteiger partial charge in [-0.2, -0.15) is 0 Å². The van der Waals surface area contributed by atoms with Crippen molar-refractivity contribution in [2.24, 2.45) is 0 Å². The van der Waals surface area contributed by atoms with Gasteiger partial charge in [0.1, 0.15) is 0 Å². The molecule has 9 heavy (non-hydrogen) atoms. The van der Waals surface area contributed by atoms with Gasteiger partial charge in [0.25, 0.3) is 0 Å². The zero-order valence-electron chi connectivity index (χ0n) is 6.53. The zero-order chi connectivity index (χ0) is 7.33. The summed E-state index contributed by atoms with van der Waals surface area (Å²) in [6, 6.07) is 0. The summed E-state index contributed by atoms with van der Waals surface area (Å²) in [4.78, 5) is 0. The minimum Gasteiger partial charge on any atom is -0.414 e. The van der Waals surface area contributed by atoms with Crippen molar-refractivity contribution in [3.63, 3.8) is 0 Å². The van der Waals surface area contributed by atoms with Crippen molar-refractivity contribution in [2.45, 2.75) is 45.6 Å². The van der Waals surface area contributed by atoms with Crippen LogP contribution in [0.25, 0.3) is 0 Å². The van der Waals surface area contributed by atoms with Crippen LogP contribution in [0.4, 0.5) is 0 Å². The number of hydrogen-bond acceptors (Lipinski definition) is 1. The predicted molar refractivity (Wildman–Crippen MR) is 40.4 cm³/mol. The van der Waals surface area contributed by atoms with Crippen LogP contribution in [-0.2, 0) is 4.43 Å². The Morgan fingerprint density at radius 2 is 2.00 bits per heavy atom. The Hall–Kier alpha value is 0.177. The Bertz CT molecular complexity index is 71.3. The molecule has 0 aromatic rings. The fourth-order valence-electron chi connectivity index (χ4n) is 0.654. The van der Waals surface area contributed by atoms with Gasteiger partial charge < -0.3 is 4.43 Å². The second-order valence-electron chi connectivity index (χ2n) is 2.97. The topological polar surface area (TPSA) is 9.23 Å². The first-order chi connectivity index (χ1) is 4.12. The molecule has 0 fully saturated rings. The summed E-state index contributed by atoms with van der Waals surface area (Å²) in [6.45, 7) is 6.34. The Kier molecular flexibility index (Phi) is 4.15. The molecule has 0 amide bonds. The third-order valence-corrected chi connectivity index (χ3v) is 1.96. The summed E-state index contributed by atoms with van der Waals surface area (Å²) in [5.74, 6) is 0. The maximum absolute atomic E-state index is 5.05. The Labute approximate surface area is 61.3 Å². The van der Waals surface area contributed by atoms with E-state index in [1.807, 2.05) is 0 Å². The zero-order valence-corrected chi connectivity index (χ0v) is 7.53. The smallest absolute Gasteiger partial charge is 0.246 e. The van der Waals surface area contributed by atoms with E-state index in [4.69, 9.17) is 4.43 Å². The van der Waals surface area contributed by atoms with Crippen molar-refractivity contribution in [2.75, 3.05) is 0 Å². The van der Waals surface area contributed by atoms with Gasteiger partial charge in [-0.05, 0) is 20.3 Å². The van der Waals surface area contributed by atoms with E-state index in [2.05, 4.69) is 31.3 Å². The summed E-state index contributed by atoms with van der Waals surface area (Å²) < 4.78 is 5.05. The van der Waals surface area contributed by atoms with Gasteiger partial charge in [0.15, 0.2) is 0 Å². The lowest BCUT2D eigenvalue weighted by Crippen LogP contribution is -2.22. The van der Waals surface area contributed by atoms with Gasteiger partial charge in [0.05, 0.1) is 0 Å². The standard InChI is InChI=1S/C7H15OSi/c1-4-5-6-7(2,3)8-9/h4-6H2,1-3H3. The van der Waals surface area contributed by atoms with Crippen LogP contribution in [-0.4, -0.2) is 16.1 Å². The highest BCUT2D eigenvalue weighted by molar-refractivity contribution is 5.98. The summed E-state index contributed by atoms with van der Waals surface area (Å²) in [6.07, 6.45) is 3.59. The molecule has 53 valence electrons. The van der Waals surface area contributed by atoms with E-state index in [0.29, 0.717) is 0 Å². The Morgan fingerprint density at radius 1 is 1.44 bits per heavy atom. The highest BCUT2D eigenvalue weighted by atomic mass is 28.2. The lowest BCUT2D eigenvalue weighted by Gasteiger charge is -2.22. The minimum atomic E-state index is 0.00684. The van der Waals surface area contributed by atoms with Gasteiger partial charge >= 0.3 is 0 Å². The molecule has 0 saturated heterocycles. The SMILES string of the molecule is CCCCC(C)(C)O[Si]. The monoisotopic (exact) mass is 143 g/mol. The van der Waals surface area contributed by atoms with Crippen molar-refractivity contribution < 1.29 is 4.43 Å². The second kappa shape index (κ2) is 4.07. The van der Waals surface area contributed by atoms with E-state index in [9.17, 15) is 0 Å². The van der Waals surface area contributed by atoms with Crippen molar-refractivity contribution in [1.29, 1.82) is 0 Å². The molecule has 3 radical (unpaired) electrons. The quantitative estimate of drug-likeness (QED) is 0.547. The van der Waals surface area contributed by atoms with Crippen LogP contribution in [0, 0.1) is 0 Å². The maximum atomic E-state index is 5.05. The summed E-state index contributed by atoms with van der Waals surface area (Å²) >= 11 is 0. The van der Waals surface area contributed by atoms with Crippen LogP contribution in [0.1, 0.15) is 40.0 Å². The number of unbranched alkanes of at least 4 members (excludes halogenated alkanes) is 1. The average Bonchev–Trinajstić information content (AvgIpc) is 1.84. The molecule has 0 saturated carbocycles. The molecule has 0 heterocycles. The van der Waals surface area contributed by atoms with Crippen LogP contribution in [0.2, 0.25) is 0 Å². The van der Waals surface area contributed by atoms with Crippen LogP contribution in [0.5, 0.6) is 0 Å². The van der Waals surface area contributed by atoms with Gasteiger partial charge in [0, 0.05) is 5.60 Å². The molecule has 0 spiro atoms. The number of rotatable bonds is 4. The largest absolute Gasteiger partial charge is 0.414 e. The van der Waals surface area contributed by atoms with Gasteiger partial charge in [-0.1, -0.05) is 19.8 Å². The van der Waals surface area contributed by atoms with Crippen LogP contribution in [0.3, 0.4) is 0 Å². The van der Waals surface area contributed by atoms with Gasteiger partial charge in [-0.25, -0.2) is 0 Å². The van der Waals surface area contributed by atoms with Crippen LogP contribution in [0.15, 0.2) is 0 Å². The van der Waals surface area contributed by atoms with Gasteiger partial charge in [0.2, 0.25) is 10.5 Å². The fraction of sp³-hybridized carbons (Fsp3) is 1.00. The average molecular weight is 143 g/mol. The third kappa shape index (κ3) is 4.67. The van der Waals surface area contributed by atoms with Crippen LogP contribution >= 0.6 is 0 Å². The fourth-order valence-corrected chi connectivity index (χ4v) is 0.756. The molecule has 0 aliphatic heterocycles. The van der Waals surface area contributed by atoms with E-state index in [0.717, 1.165) is 6.42 Å². The highest BCUT2D eigenvalue weighted by Crippen LogP contribution is 2.15. The summed E-state index contributed by atoms with van der Waals surface area (Å²) in [7, 11) is 3.05. The van der Waals surface area contributed by atoms with E-state index in [1.54, 1.807) is 0 Å². The summed E-state index contributed by atoms with van der Waals surface area (Å²) in [5, 5.41) is 0. The van der Waals surface area contributed by atoms with Gasteiger partial charge in [-0.15, -0.1) is 0 Å². The van der Waals surface area contributed by atoms with Crippen molar-refractivity contribution in [3.05, 3.63) is 0 Å². The minimum absolute atomic E-state index is 0.00684. The predicted octanol–water partition coefficient (Wildman–Crippen LogP) is 2.06. The molecule has 0 N–H and O–H groups in total. The molecule has 1 nitrogen and oxygen atoms in total. The van der Waals surface area contributed by atoms with E-state index in [1.165, 1.54) is 12.8 Å². The molecule has 0 aliphatic rings. The van der Waals surface area contributed by atoms with Crippen molar-refractivity contribution >= 4 is 10.5 Å². The van der Waals surface area contributed by atoms with Crippen molar-refractivity contribution in [3.8, 4) is 0 Å². The molecule has 0 aromatic heterocycles. The molecule has 0 aromatic carbocycles. The maximum Gasteiger partial charge on any atom is 0.246 e. The normalized spacial score (nSPS) is 12.0. The molecular formula is C7H15OSi. The first-order valence-corrected chi connectivity index (χ1v) is 3.88. The van der Waals surface area contributed by atoms with E-state index < -0.39 is 0 Å². The van der Waals surface area contributed by atoms with Gasteiger partial charge in [-0.3, -0.25) is 0 Å². The first-order valence-electron chi connectivity index (χ1n) is 3.47. The van der Waals surface area contributed by atoms with Crippen LogP contribution < -0.4 is 0 Å². The number of hydrogen-bond donors (Lipinski definition) is 0. The molecule has 0 atom stereocenters. The van der Waals surface area contributed by atoms with E-state index >= 15 is 0 Å². The highest BCUT2D eigenvalue weighted by Gasteiger charge is 2.13. The van der Waals surface area contributed by atoms with Crippen molar-refractivity contribution in [1.82, 2.24) is 0 Å². The molecular weight excluding hydrogens is 128 g/mol. The summed E-state index contributed by atoms with van der Waals surface area (Å²) in [5.41, 5.74) is 0.00684. The molecule has 2 heteroatoms.